The number of aromatic nitrogens is 1. The average molecular weight is 232 g/mol. The molecule has 1 aromatic heterocycles. The van der Waals surface area contributed by atoms with E-state index in [1.54, 1.807) is 6.20 Å². The van der Waals surface area contributed by atoms with E-state index in [9.17, 15) is 0 Å². The third kappa shape index (κ3) is 2.40. The van der Waals surface area contributed by atoms with Crippen molar-refractivity contribution in [1.82, 2.24) is 4.98 Å². The molecule has 0 aromatic carbocycles. The van der Waals surface area contributed by atoms with Crippen LogP contribution in [0.4, 0.5) is 0 Å². The zero-order valence-electron chi connectivity index (χ0n) is 8.77. The van der Waals surface area contributed by atoms with Crippen molar-refractivity contribution >= 4 is 23.2 Å². The highest BCUT2D eigenvalue weighted by molar-refractivity contribution is 6.41. The Kier molecular flexibility index (Phi) is 3.79. The summed E-state index contributed by atoms with van der Waals surface area (Å²) < 4.78 is 0. The molecule has 0 radical (unpaired) electrons. The van der Waals surface area contributed by atoms with Crippen molar-refractivity contribution in [2.75, 3.05) is 0 Å². The van der Waals surface area contributed by atoms with Crippen LogP contribution in [0.2, 0.25) is 10.2 Å². The highest BCUT2D eigenvalue weighted by atomic mass is 35.5. The maximum absolute atomic E-state index is 6.12. The van der Waals surface area contributed by atoms with Gasteiger partial charge in [0.2, 0.25) is 0 Å². The second-order valence-corrected chi connectivity index (χ2v) is 4.83. The standard InChI is InChI=1S/C11H15Cl2N/c1-4-6-11(2,3)8-5-7-14-10(13)9(8)12/h5,7H,4,6H2,1-3H3. The summed E-state index contributed by atoms with van der Waals surface area (Å²) in [5.74, 6) is 0. The van der Waals surface area contributed by atoms with Crippen molar-refractivity contribution in [2.24, 2.45) is 0 Å². The fourth-order valence-corrected chi connectivity index (χ4v) is 2.23. The van der Waals surface area contributed by atoms with E-state index in [1.807, 2.05) is 6.07 Å². The minimum absolute atomic E-state index is 0.0679. The molecular weight excluding hydrogens is 217 g/mol. The van der Waals surface area contributed by atoms with E-state index in [1.165, 1.54) is 0 Å². The predicted octanol–water partition coefficient (Wildman–Crippen LogP) is 4.47. The minimum atomic E-state index is 0.0679. The van der Waals surface area contributed by atoms with Crippen LogP contribution in [0, 0.1) is 0 Å². The van der Waals surface area contributed by atoms with E-state index in [0.29, 0.717) is 10.2 Å². The summed E-state index contributed by atoms with van der Waals surface area (Å²) in [6, 6.07) is 1.95. The highest BCUT2D eigenvalue weighted by Crippen LogP contribution is 2.35. The molecule has 0 saturated heterocycles. The molecule has 1 aromatic rings. The molecule has 0 aliphatic rings. The molecule has 78 valence electrons. The van der Waals surface area contributed by atoms with Gasteiger partial charge in [0.25, 0.3) is 0 Å². The number of hydrogen-bond acceptors (Lipinski definition) is 1. The molecule has 0 amide bonds. The number of rotatable bonds is 3. The molecule has 0 saturated carbocycles. The lowest BCUT2D eigenvalue weighted by Gasteiger charge is -2.25. The van der Waals surface area contributed by atoms with E-state index in [0.717, 1.165) is 18.4 Å². The maximum atomic E-state index is 6.12. The lowest BCUT2D eigenvalue weighted by atomic mass is 9.81. The Morgan fingerprint density at radius 2 is 2.00 bits per heavy atom. The Morgan fingerprint density at radius 1 is 1.36 bits per heavy atom. The van der Waals surface area contributed by atoms with Gasteiger partial charge >= 0.3 is 0 Å². The third-order valence-corrected chi connectivity index (χ3v) is 3.22. The summed E-state index contributed by atoms with van der Waals surface area (Å²) in [6.45, 7) is 6.51. The number of hydrogen-bond donors (Lipinski definition) is 0. The normalized spacial score (nSPS) is 11.8. The molecule has 0 unspecified atom stereocenters. The van der Waals surface area contributed by atoms with E-state index >= 15 is 0 Å². The summed E-state index contributed by atoms with van der Waals surface area (Å²) in [4.78, 5) is 3.95. The van der Waals surface area contributed by atoms with Gasteiger partial charge in [-0.05, 0) is 23.5 Å². The van der Waals surface area contributed by atoms with E-state index in [-0.39, 0.29) is 5.41 Å². The summed E-state index contributed by atoms with van der Waals surface area (Å²) in [6.07, 6.45) is 3.93. The zero-order chi connectivity index (χ0) is 10.8. The van der Waals surface area contributed by atoms with Crippen LogP contribution in [0.15, 0.2) is 12.3 Å². The van der Waals surface area contributed by atoms with Gasteiger partial charge < -0.3 is 0 Å². The molecule has 1 rings (SSSR count). The molecule has 0 aliphatic heterocycles. The highest BCUT2D eigenvalue weighted by Gasteiger charge is 2.23. The molecule has 14 heavy (non-hydrogen) atoms. The molecular formula is C11H15Cl2N. The molecule has 3 heteroatoms. The topological polar surface area (TPSA) is 12.9 Å². The Bertz CT molecular complexity index is 321. The molecule has 0 aliphatic carbocycles. The number of pyridine rings is 1. The fraction of sp³-hybridized carbons (Fsp3) is 0.545. The Hall–Kier alpha value is -0.270. The van der Waals surface area contributed by atoms with Crippen LogP contribution < -0.4 is 0 Å². The zero-order valence-corrected chi connectivity index (χ0v) is 10.3. The van der Waals surface area contributed by atoms with Gasteiger partial charge in [-0.15, -0.1) is 0 Å². The van der Waals surface area contributed by atoms with Crippen molar-refractivity contribution < 1.29 is 0 Å². The van der Waals surface area contributed by atoms with Gasteiger partial charge in [-0.3, -0.25) is 0 Å². The van der Waals surface area contributed by atoms with Gasteiger partial charge in [0.15, 0.2) is 0 Å². The van der Waals surface area contributed by atoms with E-state index in [4.69, 9.17) is 23.2 Å². The van der Waals surface area contributed by atoms with E-state index in [2.05, 4.69) is 25.8 Å². The van der Waals surface area contributed by atoms with Crippen LogP contribution >= 0.6 is 23.2 Å². The van der Waals surface area contributed by atoms with Gasteiger partial charge in [-0.1, -0.05) is 50.4 Å². The van der Waals surface area contributed by atoms with Crippen molar-refractivity contribution in [3.63, 3.8) is 0 Å². The molecule has 0 atom stereocenters. The van der Waals surface area contributed by atoms with Crippen LogP contribution in [0.3, 0.4) is 0 Å². The van der Waals surface area contributed by atoms with Crippen molar-refractivity contribution in [2.45, 2.75) is 39.0 Å². The van der Waals surface area contributed by atoms with Gasteiger partial charge in [-0.25, -0.2) is 4.98 Å². The monoisotopic (exact) mass is 231 g/mol. The maximum Gasteiger partial charge on any atom is 0.147 e. The fourth-order valence-electron chi connectivity index (χ4n) is 1.70. The predicted molar refractivity (Wildman–Crippen MR) is 62.2 cm³/mol. The first kappa shape index (κ1) is 11.8. The smallest absolute Gasteiger partial charge is 0.147 e. The summed E-state index contributed by atoms with van der Waals surface area (Å²) in [5, 5.41) is 0.987. The summed E-state index contributed by atoms with van der Waals surface area (Å²) in [5.41, 5.74) is 1.15. The second-order valence-electron chi connectivity index (χ2n) is 4.10. The number of halogens is 2. The van der Waals surface area contributed by atoms with E-state index < -0.39 is 0 Å². The van der Waals surface area contributed by atoms with Gasteiger partial charge in [0.05, 0.1) is 5.02 Å². The van der Waals surface area contributed by atoms with Gasteiger partial charge in [0.1, 0.15) is 5.15 Å². The molecule has 0 spiro atoms. The molecule has 0 fully saturated rings. The Balaban J connectivity index is 3.12. The lowest BCUT2D eigenvalue weighted by molar-refractivity contribution is 0.473. The molecule has 1 nitrogen and oxygen atoms in total. The Morgan fingerprint density at radius 3 is 2.57 bits per heavy atom. The van der Waals surface area contributed by atoms with Crippen molar-refractivity contribution in [3.8, 4) is 0 Å². The quantitative estimate of drug-likeness (QED) is 0.701. The van der Waals surface area contributed by atoms with Gasteiger partial charge in [-0.2, -0.15) is 0 Å². The van der Waals surface area contributed by atoms with Crippen LogP contribution in [-0.2, 0) is 5.41 Å². The second kappa shape index (κ2) is 4.50. The van der Waals surface area contributed by atoms with Crippen LogP contribution in [0.25, 0.3) is 0 Å². The summed E-state index contributed by atoms with van der Waals surface area (Å²) >= 11 is 12.0. The average Bonchev–Trinajstić information content (AvgIpc) is 2.09. The first-order valence-electron chi connectivity index (χ1n) is 4.79. The van der Waals surface area contributed by atoms with Crippen LogP contribution in [0.5, 0.6) is 0 Å². The third-order valence-electron chi connectivity index (χ3n) is 2.45. The minimum Gasteiger partial charge on any atom is -0.243 e. The first-order chi connectivity index (χ1) is 6.49. The SMILES string of the molecule is CCCC(C)(C)c1ccnc(Cl)c1Cl. The van der Waals surface area contributed by atoms with Crippen molar-refractivity contribution in [3.05, 3.63) is 28.0 Å². The summed E-state index contributed by atoms with van der Waals surface area (Å²) in [7, 11) is 0. The lowest BCUT2D eigenvalue weighted by Crippen LogP contribution is -2.17. The molecule has 0 N–H and O–H groups in total. The van der Waals surface area contributed by atoms with Crippen LogP contribution in [-0.4, -0.2) is 4.98 Å². The first-order valence-corrected chi connectivity index (χ1v) is 5.55. The van der Waals surface area contributed by atoms with Crippen molar-refractivity contribution in [1.29, 1.82) is 0 Å². The molecule has 0 bridgehead atoms. The van der Waals surface area contributed by atoms with Gasteiger partial charge in [0, 0.05) is 6.20 Å². The Labute approximate surface area is 95.4 Å². The number of nitrogens with zero attached hydrogens (tertiary/aromatic N) is 1. The molecule has 1 heterocycles. The largest absolute Gasteiger partial charge is 0.243 e. The van der Waals surface area contributed by atoms with Crippen LogP contribution in [0.1, 0.15) is 39.2 Å².